The number of nitrogens with one attached hydrogen (secondary N) is 1. The van der Waals surface area contributed by atoms with Crippen LogP contribution in [0.3, 0.4) is 0 Å². The monoisotopic (exact) mass is 452 g/mol. The zero-order valence-corrected chi connectivity index (χ0v) is 18.1. The molecule has 0 fully saturated rings. The van der Waals surface area contributed by atoms with Crippen molar-refractivity contribution >= 4 is 18.1 Å². The van der Waals surface area contributed by atoms with Crippen LogP contribution in [0.1, 0.15) is 26.3 Å². The van der Waals surface area contributed by atoms with Crippen molar-refractivity contribution in [3.05, 3.63) is 83.2 Å². The van der Waals surface area contributed by atoms with Crippen molar-refractivity contribution in [2.24, 2.45) is 5.10 Å². The van der Waals surface area contributed by atoms with Crippen molar-refractivity contribution in [3.8, 4) is 23.0 Å². The van der Waals surface area contributed by atoms with Gasteiger partial charge in [0, 0.05) is 5.56 Å². The summed E-state index contributed by atoms with van der Waals surface area (Å²) < 4.78 is 34.2. The zero-order chi connectivity index (χ0) is 23.8. The Balaban J connectivity index is 1.69. The van der Waals surface area contributed by atoms with Crippen LogP contribution < -0.4 is 24.4 Å². The Morgan fingerprint density at radius 3 is 2.15 bits per heavy atom. The molecule has 170 valence electrons. The molecule has 0 heterocycles. The molecule has 33 heavy (non-hydrogen) atoms. The summed E-state index contributed by atoms with van der Waals surface area (Å²) in [6.45, 7) is 0. The predicted molar refractivity (Wildman–Crippen MR) is 119 cm³/mol. The summed E-state index contributed by atoms with van der Waals surface area (Å²) in [5.41, 5.74) is 3.39. The second-order valence-electron chi connectivity index (χ2n) is 6.58. The molecule has 0 aromatic heterocycles. The van der Waals surface area contributed by atoms with Crippen LogP contribution in [-0.2, 0) is 0 Å². The molecule has 3 aromatic rings. The van der Waals surface area contributed by atoms with Crippen LogP contribution in [0.4, 0.5) is 4.39 Å². The average molecular weight is 452 g/mol. The molecule has 0 aliphatic rings. The lowest BCUT2D eigenvalue weighted by atomic mass is 10.1. The normalized spacial score (nSPS) is 10.5. The van der Waals surface area contributed by atoms with Gasteiger partial charge in [-0.25, -0.2) is 14.6 Å². The molecule has 3 aromatic carbocycles. The van der Waals surface area contributed by atoms with E-state index < -0.39 is 17.7 Å². The third-order valence-electron chi connectivity index (χ3n) is 4.46. The van der Waals surface area contributed by atoms with E-state index in [0.717, 1.165) is 0 Å². The number of hydrazone groups is 1. The highest BCUT2D eigenvalue weighted by molar-refractivity contribution is 5.95. The Kier molecular flexibility index (Phi) is 7.59. The second kappa shape index (κ2) is 10.8. The maximum absolute atomic E-state index is 13.0. The maximum Gasteiger partial charge on any atom is 0.343 e. The summed E-state index contributed by atoms with van der Waals surface area (Å²) in [5, 5.41) is 3.88. The number of carbonyl (C=O) groups is 2. The predicted octanol–water partition coefficient (Wildman–Crippen LogP) is 3.83. The number of hydrogen-bond donors (Lipinski definition) is 1. The summed E-state index contributed by atoms with van der Waals surface area (Å²) in [7, 11) is 4.36. The number of ether oxygens (including phenoxy) is 4. The molecule has 0 aliphatic carbocycles. The summed E-state index contributed by atoms with van der Waals surface area (Å²) in [6, 6.07) is 14.6. The third kappa shape index (κ3) is 5.85. The first-order valence-corrected chi connectivity index (χ1v) is 9.66. The quantitative estimate of drug-likeness (QED) is 0.242. The summed E-state index contributed by atoms with van der Waals surface area (Å²) in [4.78, 5) is 24.7. The van der Waals surface area contributed by atoms with Gasteiger partial charge in [-0.3, -0.25) is 4.79 Å². The van der Waals surface area contributed by atoms with Crippen LogP contribution in [0.2, 0.25) is 0 Å². The third-order valence-corrected chi connectivity index (χ3v) is 4.46. The molecule has 0 saturated carbocycles. The van der Waals surface area contributed by atoms with Crippen LogP contribution in [0, 0.1) is 5.82 Å². The van der Waals surface area contributed by atoms with Crippen molar-refractivity contribution in [1.29, 1.82) is 0 Å². The smallest absolute Gasteiger partial charge is 0.343 e. The lowest BCUT2D eigenvalue weighted by Crippen LogP contribution is -2.17. The van der Waals surface area contributed by atoms with Crippen molar-refractivity contribution in [3.63, 3.8) is 0 Å². The summed E-state index contributed by atoms with van der Waals surface area (Å²) in [6.07, 6.45) is 1.39. The summed E-state index contributed by atoms with van der Waals surface area (Å²) >= 11 is 0. The topological polar surface area (TPSA) is 95.5 Å². The zero-order valence-electron chi connectivity index (χ0n) is 18.1. The number of esters is 1. The van der Waals surface area contributed by atoms with Gasteiger partial charge in [-0.15, -0.1) is 0 Å². The Morgan fingerprint density at radius 1 is 0.879 bits per heavy atom. The van der Waals surface area contributed by atoms with E-state index in [1.54, 1.807) is 24.3 Å². The number of halogens is 1. The lowest BCUT2D eigenvalue weighted by molar-refractivity contribution is 0.0733. The van der Waals surface area contributed by atoms with Crippen molar-refractivity contribution in [2.75, 3.05) is 21.3 Å². The van der Waals surface area contributed by atoms with Crippen LogP contribution in [0.5, 0.6) is 23.0 Å². The molecule has 0 spiro atoms. The molecule has 1 amide bonds. The van der Waals surface area contributed by atoms with Gasteiger partial charge in [0.2, 0.25) is 5.75 Å². The molecule has 0 aliphatic heterocycles. The van der Waals surface area contributed by atoms with E-state index in [4.69, 9.17) is 18.9 Å². The Labute approximate surface area is 189 Å². The fraction of sp³-hybridized carbons (Fsp3) is 0.125. The number of carbonyl (C=O) groups excluding carboxylic acids is 2. The van der Waals surface area contributed by atoms with E-state index in [0.29, 0.717) is 22.8 Å². The fourth-order valence-electron chi connectivity index (χ4n) is 2.85. The molecule has 0 radical (unpaired) electrons. The van der Waals surface area contributed by atoms with E-state index in [1.165, 1.54) is 63.9 Å². The fourth-order valence-corrected chi connectivity index (χ4v) is 2.85. The largest absolute Gasteiger partial charge is 0.493 e. The molecule has 0 saturated heterocycles. The van der Waals surface area contributed by atoms with E-state index in [-0.39, 0.29) is 16.9 Å². The molecule has 3 rings (SSSR count). The number of amides is 1. The first-order valence-electron chi connectivity index (χ1n) is 9.66. The number of hydrogen-bond acceptors (Lipinski definition) is 7. The van der Waals surface area contributed by atoms with E-state index >= 15 is 0 Å². The molecular formula is C24H21FN2O6. The standard InChI is InChI=1S/C24H21FN2O6/c1-30-20-12-17(13-21(31-2)22(20)32-3)24(29)33-19-6-4-5-15(11-19)14-26-27-23(28)16-7-9-18(25)10-8-16/h4-14H,1-3H3,(H,27,28). The molecule has 0 bridgehead atoms. The maximum atomic E-state index is 13.0. The molecule has 1 N–H and O–H groups in total. The highest BCUT2D eigenvalue weighted by atomic mass is 19.1. The molecule has 9 heteroatoms. The van der Waals surface area contributed by atoms with Crippen molar-refractivity contribution < 1.29 is 32.9 Å². The lowest BCUT2D eigenvalue weighted by Gasteiger charge is -2.13. The van der Waals surface area contributed by atoms with Crippen LogP contribution in [0.15, 0.2) is 65.8 Å². The van der Waals surface area contributed by atoms with Gasteiger partial charge in [0.1, 0.15) is 11.6 Å². The van der Waals surface area contributed by atoms with Crippen LogP contribution in [0.25, 0.3) is 0 Å². The molecule has 0 unspecified atom stereocenters. The van der Waals surface area contributed by atoms with Gasteiger partial charge in [0.05, 0.1) is 33.1 Å². The molecule has 0 atom stereocenters. The van der Waals surface area contributed by atoms with Gasteiger partial charge in [-0.1, -0.05) is 12.1 Å². The van der Waals surface area contributed by atoms with Crippen molar-refractivity contribution in [1.82, 2.24) is 5.43 Å². The number of methoxy groups -OCH3 is 3. The van der Waals surface area contributed by atoms with Crippen molar-refractivity contribution in [2.45, 2.75) is 0 Å². The van der Waals surface area contributed by atoms with Gasteiger partial charge in [0.15, 0.2) is 11.5 Å². The van der Waals surface area contributed by atoms with E-state index in [2.05, 4.69) is 10.5 Å². The average Bonchev–Trinajstić information content (AvgIpc) is 2.83. The molecular weight excluding hydrogens is 431 g/mol. The van der Waals surface area contributed by atoms with Gasteiger partial charge >= 0.3 is 5.97 Å². The van der Waals surface area contributed by atoms with Crippen LogP contribution in [-0.4, -0.2) is 39.4 Å². The minimum absolute atomic E-state index is 0.204. The van der Waals surface area contributed by atoms with Gasteiger partial charge < -0.3 is 18.9 Å². The number of nitrogens with zero attached hydrogens (tertiary/aromatic N) is 1. The SMILES string of the molecule is COc1cc(C(=O)Oc2cccc(C=NNC(=O)c3ccc(F)cc3)c2)cc(OC)c1OC. The first-order chi connectivity index (χ1) is 15.9. The minimum Gasteiger partial charge on any atom is -0.493 e. The van der Waals surface area contributed by atoms with Gasteiger partial charge in [0.25, 0.3) is 5.91 Å². The summed E-state index contributed by atoms with van der Waals surface area (Å²) in [5.74, 6) is -0.291. The Morgan fingerprint density at radius 2 is 1.55 bits per heavy atom. The Hall–Kier alpha value is -4.40. The second-order valence-corrected chi connectivity index (χ2v) is 6.58. The first kappa shape index (κ1) is 23.3. The van der Waals surface area contributed by atoms with Gasteiger partial charge in [-0.05, 0) is 54.1 Å². The highest BCUT2D eigenvalue weighted by Crippen LogP contribution is 2.38. The Bertz CT molecular complexity index is 1150. The minimum atomic E-state index is -0.632. The van der Waals surface area contributed by atoms with Gasteiger partial charge in [-0.2, -0.15) is 5.10 Å². The highest BCUT2D eigenvalue weighted by Gasteiger charge is 2.18. The number of benzene rings is 3. The van der Waals surface area contributed by atoms with E-state index in [9.17, 15) is 14.0 Å². The number of rotatable bonds is 8. The molecule has 8 nitrogen and oxygen atoms in total. The van der Waals surface area contributed by atoms with Crippen LogP contribution >= 0.6 is 0 Å². The van der Waals surface area contributed by atoms with E-state index in [1.807, 2.05) is 0 Å².